The highest BCUT2D eigenvalue weighted by Crippen LogP contribution is 2.27. The van der Waals surface area contributed by atoms with E-state index in [1.807, 2.05) is 6.07 Å². The molecule has 0 aliphatic heterocycles. The van der Waals surface area contributed by atoms with E-state index >= 15 is 0 Å². The van der Waals surface area contributed by atoms with Gasteiger partial charge in [-0.1, -0.05) is 0 Å². The lowest BCUT2D eigenvalue weighted by Gasteiger charge is -2.22. The molecule has 0 unspecified atom stereocenters. The Balaban J connectivity index is 3.84. The average Bonchev–Trinajstić information content (AvgIpc) is 2.26. The van der Waals surface area contributed by atoms with Crippen LogP contribution in [0, 0.1) is 34.0 Å². The zero-order chi connectivity index (χ0) is 13.2. The highest BCUT2D eigenvalue weighted by atomic mass is 15.6. The summed E-state index contributed by atoms with van der Waals surface area (Å²) < 4.78 is -0.256. The van der Waals surface area contributed by atoms with Crippen molar-refractivity contribution >= 4 is 11.6 Å². The third-order valence-corrected chi connectivity index (χ3v) is 2.09. The molecule has 1 aromatic rings. The first-order valence-electron chi connectivity index (χ1n) is 4.53. The number of quaternary nitrogens is 1. The summed E-state index contributed by atoms with van der Waals surface area (Å²) >= 11 is 0. The summed E-state index contributed by atoms with van der Waals surface area (Å²) in [6.07, 6.45) is 0. The molecule has 84 valence electrons. The molecule has 1 aromatic heterocycles. The largest absolute Gasteiger partial charge is 0.382 e. The number of nitrogen functional groups attached to an aromatic ring is 1. The molecule has 17 heavy (non-hydrogen) atoms. The predicted octanol–water partition coefficient (Wildman–Crippen LogP) is -0.281. The normalized spacial score (nSPS) is 10.1. The summed E-state index contributed by atoms with van der Waals surface area (Å²) in [5.74, 6) is 5.84. The summed E-state index contributed by atoms with van der Waals surface area (Å²) in [6, 6.07) is 5.38. The maximum absolute atomic E-state index is 9.05. The van der Waals surface area contributed by atoms with Crippen molar-refractivity contribution in [1.29, 1.82) is 15.8 Å². The SMILES string of the molecule is C[N+](C)(N)c1nc(N)c(C#N)c(C#N)c1C#N. The summed E-state index contributed by atoms with van der Waals surface area (Å²) in [7, 11) is 3.16. The van der Waals surface area contributed by atoms with E-state index in [2.05, 4.69) is 4.98 Å². The fourth-order valence-electron chi connectivity index (χ4n) is 1.34. The Morgan fingerprint density at radius 1 is 1.00 bits per heavy atom. The molecule has 7 heteroatoms. The molecule has 7 nitrogen and oxygen atoms in total. The van der Waals surface area contributed by atoms with E-state index in [1.165, 1.54) is 0 Å². The minimum absolute atomic E-state index is 0.0225. The van der Waals surface area contributed by atoms with E-state index in [-0.39, 0.29) is 32.9 Å². The Kier molecular flexibility index (Phi) is 2.97. The van der Waals surface area contributed by atoms with Gasteiger partial charge in [0.1, 0.15) is 29.6 Å². The van der Waals surface area contributed by atoms with Crippen LogP contribution < -0.4 is 16.2 Å². The molecule has 0 aromatic carbocycles. The van der Waals surface area contributed by atoms with Crippen LogP contribution in [-0.2, 0) is 0 Å². The van der Waals surface area contributed by atoms with Gasteiger partial charge in [0.05, 0.1) is 19.7 Å². The second-order valence-electron chi connectivity index (χ2n) is 3.82. The van der Waals surface area contributed by atoms with Crippen LogP contribution in [0.25, 0.3) is 0 Å². The number of aromatic nitrogens is 1. The van der Waals surface area contributed by atoms with Gasteiger partial charge in [0, 0.05) is 0 Å². The number of rotatable bonds is 1. The van der Waals surface area contributed by atoms with E-state index in [9.17, 15) is 0 Å². The molecule has 0 bridgehead atoms. The molecule has 0 aliphatic carbocycles. The van der Waals surface area contributed by atoms with E-state index in [4.69, 9.17) is 27.4 Å². The van der Waals surface area contributed by atoms with E-state index in [0.717, 1.165) is 0 Å². The minimum Gasteiger partial charge on any atom is -0.382 e. The van der Waals surface area contributed by atoms with Crippen LogP contribution in [0.15, 0.2) is 0 Å². The fraction of sp³-hybridized carbons (Fsp3) is 0.200. The van der Waals surface area contributed by atoms with Crippen LogP contribution in [0.2, 0.25) is 0 Å². The van der Waals surface area contributed by atoms with Gasteiger partial charge in [-0.2, -0.15) is 26.6 Å². The van der Waals surface area contributed by atoms with Gasteiger partial charge < -0.3 is 5.73 Å². The molecule has 1 heterocycles. The van der Waals surface area contributed by atoms with Crippen molar-refractivity contribution in [1.82, 2.24) is 9.58 Å². The Morgan fingerprint density at radius 2 is 1.47 bits per heavy atom. The van der Waals surface area contributed by atoms with Gasteiger partial charge in [0.15, 0.2) is 5.56 Å². The number of anilines is 1. The number of nitriles is 3. The molecule has 1 rings (SSSR count). The van der Waals surface area contributed by atoms with Crippen molar-refractivity contribution in [2.45, 2.75) is 0 Å². The number of pyridine rings is 1. The van der Waals surface area contributed by atoms with Gasteiger partial charge >= 0.3 is 0 Å². The second-order valence-corrected chi connectivity index (χ2v) is 3.82. The molecule has 0 saturated carbocycles. The van der Waals surface area contributed by atoms with Crippen LogP contribution in [-0.4, -0.2) is 19.1 Å². The lowest BCUT2D eigenvalue weighted by molar-refractivity contribution is 0.407. The van der Waals surface area contributed by atoms with Crippen LogP contribution in [0.1, 0.15) is 16.7 Å². The van der Waals surface area contributed by atoms with Gasteiger partial charge in [-0.15, -0.1) is 0 Å². The molecule has 0 aliphatic rings. The van der Waals surface area contributed by atoms with E-state index < -0.39 is 0 Å². The molecule has 0 radical (unpaired) electrons. The van der Waals surface area contributed by atoms with Crippen LogP contribution >= 0.6 is 0 Å². The molecular weight excluding hydrogens is 218 g/mol. The maximum atomic E-state index is 9.05. The van der Waals surface area contributed by atoms with Crippen molar-refractivity contribution in [2.24, 2.45) is 5.84 Å². The van der Waals surface area contributed by atoms with Crippen LogP contribution in [0.3, 0.4) is 0 Å². The van der Waals surface area contributed by atoms with E-state index in [0.29, 0.717) is 0 Å². The van der Waals surface area contributed by atoms with Crippen LogP contribution in [0.5, 0.6) is 0 Å². The monoisotopic (exact) mass is 228 g/mol. The Bertz CT molecular complexity index is 590. The number of nitrogens with two attached hydrogens (primary N) is 2. The average molecular weight is 228 g/mol. The topological polar surface area (TPSA) is 136 Å². The van der Waals surface area contributed by atoms with Crippen molar-refractivity contribution in [3.8, 4) is 18.2 Å². The summed E-state index contributed by atoms with van der Waals surface area (Å²) in [6.45, 7) is 0. The second kappa shape index (κ2) is 4.07. The number of hydrogen-bond acceptors (Lipinski definition) is 6. The first-order chi connectivity index (χ1) is 7.86. The predicted molar refractivity (Wildman–Crippen MR) is 60.6 cm³/mol. The summed E-state index contributed by atoms with van der Waals surface area (Å²) in [4.78, 5) is 3.92. The standard InChI is InChI=1S/C10H10N7/c1-17(2,15)10-8(5-13)6(3-11)7(4-12)9(14)16-10/h15H2,1-2H3,(H2,14,16)/q+1. The quantitative estimate of drug-likeness (QED) is 0.385. The zero-order valence-corrected chi connectivity index (χ0v) is 9.39. The smallest absolute Gasteiger partial charge is 0.268 e. The van der Waals surface area contributed by atoms with Crippen molar-refractivity contribution in [3.05, 3.63) is 16.7 Å². The molecule has 0 fully saturated rings. The lowest BCUT2D eigenvalue weighted by Crippen LogP contribution is -2.49. The van der Waals surface area contributed by atoms with Gasteiger partial charge in [-0.25, -0.2) is 4.59 Å². The van der Waals surface area contributed by atoms with Gasteiger partial charge in [0.25, 0.3) is 5.82 Å². The zero-order valence-electron chi connectivity index (χ0n) is 9.39. The maximum Gasteiger partial charge on any atom is 0.268 e. The highest BCUT2D eigenvalue weighted by Gasteiger charge is 2.28. The van der Waals surface area contributed by atoms with Crippen molar-refractivity contribution in [3.63, 3.8) is 0 Å². The molecule has 0 spiro atoms. The number of hydrogen-bond donors (Lipinski definition) is 2. The van der Waals surface area contributed by atoms with Gasteiger partial charge in [0.2, 0.25) is 0 Å². The van der Waals surface area contributed by atoms with Crippen LogP contribution in [0.4, 0.5) is 11.6 Å². The summed E-state index contributed by atoms with van der Waals surface area (Å²) in [5, 5.41) is 26.9. The van der Waals surface area contributed by atoms with Gasteiger partial charge in [-0.05, 0) is 0 Å². The Hall–Kier alpha value is -2.66. The number of nitrogens with zero attached hydrogens (tertiary/aromatic N) is 5. The fourth-order valence-corrected chi connectivity index (χ4v) is 1.34. The third-order valence-electron chi connectivity index (χ3n) is 2.09. The van der Waals surface area contributed by atoms with Gasteiger partial charge in [-0.3, -0.25) is 0 Å². The van der Waals surface area contributed by atoms with Crippen molar-refractivity contribution < 1.29 is 0 Å². The lowest BCUT2D eigenvalue weighted by atomic mass is 10.0. The molecule has 0 amide bonds. The summed E-state index contributed by atoms with van der Waals surface area (Å²) in [5.41, 5.74) is 5.36. The first-order valence-corrected chi connectivity index (χ1v) is 4.53. The van der Waals surface area contributed by atoms with E-state index in [1.54, 1.807) is 26.2 Å². The third kappa shape index (κ3) is 1.99. The Labute approximate surface area is 98.3 Å². The molecule has 4 N–H and O–H groups in total. The highest BCUT2D eigenvalue weighted by molar-refractivity contribution is 5.70. The molecule has 0 saturated heterocycles. The first kappa shape index (κ1) is 12.4. The molecule has 0 atom stereocenters. The molecular formula is C10H10N7+. The van der Waals surface area contributed by atoms with Crippen molar-refractivity contribution in [2.75, 3.05) is 19.8 Å². The Morgan fingerprint density at radius 3 is 1.82 bits per heavy atom. The minimum atomic E-state index is -0.256.